The fourth-order valence-corrected chi connectivity index (χ4v) is 4.40. The summed E-state index contributed by atoms with van der Waals surface area (Å²) in [6.45, 7) is 3.05. The van der Waals surface area contributed by atoms with Gasteiger partial charge >= 0.3 is 0 Å². The van der Waals surface area contributed by atoms with Crippen LogP contribution in [0.2, 0.25) is 0 Å². The molecule has 0 spiro atoms. The SMILES string of the molecule is CN(C)c1ccc2nnc(C3CCN(CC4CCCCC(=O)N4C)CC3)n2n1. The van der Waals surface area contributed by atoms with Crippen molar-refractivity contribution >= 4 is 17.4 Å². The summed E-state index contributed by atoms with van der Waals surface area (Å²) in [6, 6.07) is 4.30. The molecule has 2 saturated heterocycles. The van der Waals surface area contributed by atoms with E-state index in [0.29, 0.717) is 24.3 Å². The second-order valence-corrected chi connectivity index (χ2v) is 8.39. The number of carbonyl (C=O) groups is 1. The molecule has 28 heavy (non-hydrogen) atoms. The van der Waals surface area contributed by atoms with Gasteiger partial charge in [-0.2, -0.15) is 4.52 Å². The predicted molar refractivity (Wildman–Crippen MR) is 109 cm³/mol. The third-order valence-electron chi connectivity index (χ3n) is 6.27. The van der Waals surface area contributed by atoms with Gasteiger partial charge in [-0.05, 0) is 50.9 Å². The summed E-state index contributed by atoms with van der Waals surface area (Å²) >= 11 is 0. The molecule has 2 aliphatic heterocycles. The van der Waals surface area contributed by atoms with Crippen LogP contribution in [0.25, 0.3) is 5.65 Å². The monoisotopic (exact) mass is 385 g/mol. The molecular formula is C20H31N7O. The van der Waals surface area contributed by atoms with Crippen LogP contribution in [0, 0.1) is 0 Å². The number of carbonyl (C=O) groups excluding carboxylic acids is 1. The van der Waals surface area contributed by atoms with Gasteiger partial charge in [-0.25, -0.2) is 0 Å². The zero-order valence-electron chi connectivity index (χ0n) is 17.2. The van der Waals surface area contributed by atoms with Crippen LogP contribution >= 0.6 is 0 Å². The molecule has 2 aromatic rings. The maximum atomic E-state index is 12.2. The summed E-state index contributed by atoms with van der Waals surface area (Å²) in [5, 5.41) is 13.5. The van der Waals surface area contributed by atoms with Gasteiger partial charge in [0.1, 0.15) is 5.82 Å². The summed E-state index contributed by atoms with van der Waals surface area (Å²) < 4.78 is 1.91. The van der Waals surface area contributed by atoms with Gasteiger partial charge in [0.05, 0.1) is 0 Å². The molecule has 1 amide bonds. The van der Waals surface area contributed by atoms with E-state index >= 15 is 0 Å². The minimum atomic E-state index is 0.301. The fourth-order valence-electron chi connectivity index (χ4n) is 4.40. The summed E-state index contributed by atoms with van der Waals surface area (Å²) in [5.74, 6) is 2.56. The molecule has 0 aromatic carbocycles. The summed E-state index contributed by atoms with van der Waals surface area (Å²) in [4.78, 5) is 18.6. The third kappa shape index (κ3) is 3.83. The molecule has 0 aliphatic carbocycles. The molecule has 4 rings (SSSR count). The van der Waals surface area contributed by atoms with Crippen LogP contribution in [-0.4, -0.2) is 82.3 Å². The number of aromatic nitrogens is 4. The second-order valence-electron chi connectivity index (χ2n) is 8.39. The van der Waals surface area contributed by atoms with Gasteiger partial charge in [-0.15, -0.1) is 15.3 Å². The fraction of sp³-hybridized carbons (Fsp3) is 0.700. The van der Waals surface area contributed by atoms with Gasteiger partial charge in [0, 0.05) is 46.1 Å². The van der Waals surface area contributed by atoms with Crippen LogP contribution < -0.4 is 4.90 Å². The molecule has 8 heteroatoms. The van der Waals surface area contributed by atoms with Crippen molar-refractivity contribution in [3.63, 3.8) is 0 Å². The zero-order chi connectivity index (χ0) is 19.7. The van der Waals surface area contributed by atoms with Gasteiger partial charge in [-0.3, -0.25) is 4.79 Å². The lowest BCUT2D eigenvalue weighted by molar-refractivity contribution is -0.131. The zero-order valence-corrected chi connectivity index (χ0v) is 17.2. The Hall–Kier alpha value is -2.22. The van der Waals surface area contributed by atoms with Crippen LogP contribution in [0.15, 0.2) is 12.1 Å². The van der Waals surface area contributed by atoms with Gasteiger partial charge in [0.2, 0.25) is 5.91 Å². The van der Waals surface area contributed by atoms with Gasteiger partial charge in [0.15, 0.2) is 11.5 Å². The molecule has 0 saturated carbocycles. The molecular weight excluding hydrogens is 354 g/mol. The molecule has 152 valence electrons. The standard InChI is InChI=1S/C20H31N7O/c1-24(2)18-9-8-17-21-22-20(27(17)23-18)15-10-12-26(13-11-15)14-16-6-4-5-7-19(28)25(16)3/h8-9,15-16H,4-7,10-14H2,1-3H3. The van der Waals surface area contributed by atoms with E-state index in [1.54, 1.807) is 0 Å². The first kappa shape index (κ1) is 19.1. The largest absolute Gasteiger partial charge is 0.361 e. The topological polar surface area (TPSA) is 69.9 Å². The number of fused-ring (bicyclic) bond motifs is 1. The number of anilines is 1. The van der Waals surface area contributed by atoms with E-state index in [2.05, 4.69) is 15.1 Å². The lowest BCUT2D eigenvalue weighted by Gasteiger charge is -2.36. The summed E-state index contributed by atoms with van der Waals surface area (Å²) in [5.41, 5.74) is 0.807. The van der Waals surface area contributed by atoms with Crippen molar-refractivity contribution in [2.75, 3.05) is 45.7 Å². The van der Waals surface area contributed by atoms with Crippen molar-refractivity contribution in [1.82, 2.24) is 29.6 Å². The molecule has 0 N–H and O–H groups in total. The molecule has 0 bridgehead atoms. The van der Waals surface area contributed by atoms with Crippen molar-refractivity contribution < 1.29 is 4.79 Å². The minimum Gasteiger partial charge on any atom is -0.361 e. The number of hydrogen-bond donors (Lipinski definition) is 0. The number of rotatable bonds is 4. The van der Waals surface area contributed by atoms with Crippen LogP contribution in [-0.2, 0) is 4.79 Å². The van der Waals surface area contributed by atoms with Crippen molar-refractivity contribution in [3.8, 4) is 0 Å². The summed E-state index contributed by atoms with van der Waals surface area (Å²) in [6.07, 6.45) is 6.12. The van der Waals surface area contributed by atoms with E-state index in [0.717, 1.165) is 69.0 Å². The molecule has 4 heterocycles. The maximum absolute atomic E-state index is 12.2. The van der Waals surface area contributed by atoms with E-state index in [4.69, 9.17) is 5.10 Å². The Morgan fingerprint density at radius 3 is 2.64 bits per heavy atom. The lowest BCUT2D eigenvalue weighted by atomic mass is 9.95. The van der Waals surface area contributed by atoms with Gasteiger partial charge in [0.25, 0.3) is 0 Å². The van der Waals surface area contributed by atoms with Crippen LogP contribution in [0.4, 0.5) is 5.82 Å². The Kier molecular flexibility index (Phi) is 5.48. The van der Waals surface area contributed by atoms with E-state index in [1.165, 1.54) is 0 Å². The number of likely N-dealkylation sites (N-methyl/N-ethyl adjacent to an activating group) is 1. The highest BCUT2D eigenvalue weighted by Gasteiger charge is 2.29. The van der Waals surface area contributed by atoms with Crippen molar-refractivity contribution in [2.45, 2.75) is 50.5 Å². The van der Waals surface area contributed by atoms with Gasteiger partial charge in [-0.1, -0.05) is 6.42 Å². The van der Waals surface area contributed by atoms with Crippen molar-refractivity contribution in [2.24, 2.45) is 0 Å². The lowest BCUT2D eigenvalue weighted by Crippen LogP contribution is -2.46. The Balaban J connectivity index is 1.41. The molecule has 0 radical (unpaired) electrons. The summed E-state index contributed by atoms with van der Waals surface area (Å²) in [7, 11) is 5.96. The normalized spacial score (nSPS) is 22.6. The third-order valence-corrected chi connectivity index (χ3v) is 6.27. The molecule has 8 nitrogen and oxygen atoms in total. The second kappa shape index (κ2) is 8.03. The molecule has 2 aliphatic rings. The molecule has 1 atom stereocenters. The number of likely N-dealkylation sites (tertiary alicyclic amines) is 2. The van der Waals surface area contributed by atoms with E-state index in [1.807, 2.05) is 47.6 Å². The Morgan fingerprint density at radius 1 is 1.11 bits per heavy atom. The Labute approximate surface area is 166 Å². The Bertz CT molecular complexity index is 825. The van der Waals surface area contributed by atoms with Crippen LogP contribution in [0.5, 0.6) is 0 Å². The Morgan fingerprint density at radius 2 is 1.89 bits per heavy atom. The number of hydrogen-bond acceptors (Lipinski definition) is 6. The first-order chi connectivity index (χ1) is 13.5. The average molecular weight is 386 g/mol. The van der Waals surface area contributed by atoms with Crippen LogP contribution in [0.3, 0.4) is 0 Å². The van der Waals surface area contributed by atoms with Gasteiger partial charge < -0.3 is 14.7 Å². The first-order valence-corrected chi connectivity index (χ1v) is 10.4. The quantitative estimate of drug-likeness (QED) is 0.799. The number of amides is 1. The van der Waals surface area contributed by atoms with Crippen LogP contribution in [0.1, 0.15) is 50.3 Å². The smallest absolute Gasteiger partial charge is 0.222 e. The average Bonchev–Trinajstić information content (AvgIpc) is 3.06. The van der Waals surface area contributed by atoms with E-state index in [-0.39, 0.29) is 0 Å². The molecule has 2 aromatic heterocycles. The highest BCUT2D eigenvalue weighted by atomic mass is 16.2. The number of piperidine rings is 1. The maximum Gasteiger partial charge on any atom is 0.222 e. The first-order valence-electron chi connectivity index (χ1n) is 10.4. The minimum absolute atomic E-state index is 0.301. The molecule has 2 fully saturated rings. The highest BCUT2D eigenvalue weighted by Crippen LogP contribution is 2.28. The highest BCUT2D eigenvalue weighted by molar-refractivity contribution is 5.76. The predicted octanol–water partition coefficient (Wildman–Crippen LogP) is 1.77. The van der Waals surface area contributed by atoms with Crippen molar-refractivity contribution in [1.29, 1.82) is 0 Å². The number of nitrogens with zero attached hydrogens (tertiary/aromatic N) is 7. The molecule has 1 unspecified atom stereocenters. The van der Waals surface area contributed by atoms with E-state index < -0.39 is 0 Å². The van der Waals surface area contributed by atoms with E-state index in [9.17, 15) is 4.79 Å². The van der Waals surface area contributed by atoms with Crippen molar-refractivity contribution in [3.05, 3.63) is 18.0 Å².